The third kappa shape index (κ3) is 4.97. The number of hydrogen-bond donors (Lipinski definition) is 2. The fraction of sp³-hybridized carbons (Fsp3) is 0.385. The molecule has 2 N–H and O–H groups in total. The van der Waals surface area contributed by atoms with Gasteiger partial charge in [0, 0.05) is 12.1 Å². The van der Waals surface area contributed by atoms with Crippen molar-refractivity contribution in [3.05, 3.63) is 29.8 Å². The highest BCUT2D eigenvalue weighted by Gasteiger charge is 2.13. The van der Waals surface area contributed by atoms with Crippen molar-refractivity contribution in [3.8, 4) is 5.75 Å². The number of benzene rings is 1. The smallest absolute Gasteiger partial charge is 0.332 e. The van der Waals surface area contributed by atoms with Gasteiger partial charge in [0.15, 0.2) is 6.10 Å². The molecule has 0 saturated carbocycles. The number of carbonyl (C=O) groups excluding carboxylic acids is 1. The van der Waals surface area contributed by atoms with Crippen LogP contribution in [0.25, 0.3) is 0 Å². The lowest BCUT2D eigenvalue weighted by molar-refractivity contribution is -0.150. The van der Waals surface area contributed by atoms with Gasteiger partial charge in [-0.05, 0) is 13.0 Å². The maximum absolute atomic E-state index is 11.5. The standard InChI is InChI=1S/C13H17NO5/c1-9(13(16)17)19-8-12(15)14-7-10-5-3-4-6-11(10)18-2/h3-6,9H,7-8H2,1-2H3,(H,14,15)(H,16,17)/t9-/m0/s1. The molecule has 0 radical (unpaired) electrons. The largest absolute Gasteiger partial charge is 0.496 e. The molecule has 0 heterocycles. The summed E-state index contributed by atoms with van der Waals surface area (Å²) in [6.07, 6.45) is -1.00. The molecule has 0 aromatic heterocycles. The Morgan fingerprint density at radius 1 is 1.37 bits per heavy atom. The molecule has 6 heteroatoms. The first-order valence-electron chi connectivity index (χ1n) is 5.77. The van der Waals surface area contributed by atoms with Crippen LogP contribution < -0.4 is 10.1 Å². The van der Waals surface area contributed by atoms with Crippen molar-refractivity contribution in [2.24, 2.45) is 0 Å². The first kappa shape index (κ1) is 15.0. The summed E-state index contributed by atoms with van der Waals surface area (Å²) in [6.45, 7) is 1.38. The van der Waals surface area contributed by atoms with Crippen LogP contribution >= 0.6 is 0 Å². The quantitative estimate of drug-likeness (QED) is 0.763. The second-order valence-electron chi connectivity index (χ2n) is 3.88. The molecule has 0 aliphatic heterocycles. The molecule has 0 saturated heterocycles. The number of carboxylic acids is 1. The maximum atomic E-state index is 11.5. The minimum atomic E-state index is -1.10. The molecule has 0 bridgehead atoms. The van der Waals surface area contributed by atoms with E-state index in [2.05, 4.69) is 5.32 Å². The Morgan fingerprint density at radius 2 is 2.05 bits per heavy atom. The average molecular weight is 267 g/mol. The molecule has 1 atom stereocenters. The Hall–Kier alpha value is -2.08. The van der Waals surface area contributed by atoms with E-state index in [-0.39, 0.29) is 12.5 Å². The predicted molar refractivity (Wildman–Crippen MR) is 67.9 cm³/mol. The van der Waals surface area contributed by atoms with E-state index in [1.807, 2.05) is 18.2 Å². The van der Waals surface area contributed by atoms with Crippen LogP contribution in [0.4, 0.5) is 0 Å². The van der Waals surface area contributed by atoms with Crippen molar-refractivity contribution in [2.75, 3.05) is 13.7 Å². The van der Waals surface area contributed by atoms with Crippen molar-refractivity contribution in [1.82, 2.24) is 5.32 Å². The van der Waals surface area contributed by atoms with Crippen LogP contribution in [0.15, 0.2) is 24.3 Å². The highest BCUT2D eigenvalue weighted by Crippen LogP contribution is 2.16. The van der Waals surface area contributed by atoms with Gasteiger partial charge < -0.3 is 19.9 Å². The third-order valence-corrected chi connectivity index (χ3v) is 2.48. The Balaban J connectivity index is 2.40. The van der Waals surface area contributed by atoms with Crippen LogP contribution in [0.2, 0.25) is 0 Å². The Labute approximate surface area is 111 Å². The van der Waals surface area contributed by atoms with E-state index in [4.69, 9.17) is 14.6 Å². The van der Waals surface area contributed by atoms with Crippen molar-refractivity contribution >= 4 is 11.9 Å². The number of ether oxygens (including phenoxy) is 2. The summed E-state index contributed by atoms with van der Waals surface area (Å²) in [7, 11) is 1.55. The summed E-state index contributed by atoms with van der Waals surface area (Å²) in [6, 6.07) is 7.30. The molecular weight excluding hydrogens is 250 g/mol. The van der Waals surface area contributed by atoms with Gasteiger partial charge in [0.25, 0.3) is 0 Å². The molecule has 6 nitrogen and oxygen atoms in total. The number of carboxylic acid groups (broad SMARTS) is 1. The van der Waals surface area contributed by atoms with Crippen molar-refractivity contribution in [3.63, 3.8) is 0 Å². The van der Waals surface area contributed by atoms with Crippen LogP contribution in [0.3, 0.4) is 0 Å². The van der Waals surface area contributed by atoms with Gasteiger partial charge in [-0.2, -0.15) is 0 Å². The van der Waals surface area contributed by atoms with Gasteiger partial charge >= 0.3 is 5.97 Å². The lowest BCUT2D eigenvalue weighted by atomic mass is 10.2. The van der Waals surface area contributed by atoms with Gasteiger partial charge in [0.1, 0.15) is 12.4 Å². The second kappa shape index (κ2) is 7.38. The minimum absolute atomic E-state index is 0.289. The molecule has 0 fully saturated rings. The summed E-state index contributed by atoms with van der Waals surface area (Å²) in [5.41, 5.74) is 0.838. The molecular formula is C13H17NO5. The molecule has 19 heavy (non-hydrogen) atoms. The molecule has 0 aliphatic carbocycles. The number of aliphatic carboxylic acids is 1. The zero-order valence-electron chi connectivity index (χ0n) is 10.9. The maximum Gasteiger partial charge on any atom is 0.332 e. The van der Waals surface area contributed by atoms with Gasteiger partial charge in [-0.3, -0.25) is 4.79 Å². The summed E-state index contributed by atoms with van der Waals surface area (Å²) in [5.74, 6) is -0.792. The van der Waals surface area contributed by atoms with E-state index in [0.717, 1.165) is 5.56 Å². The molecule has 0 spiro atoms. The number of para-hydroxylation sites is 1. The normalized spacial score (nSPS) is 11.7. The number of rotatable bonds is 7. The van der Waals surface area contributed by atoms with Crippen LogP contribution in [0, 0.1) is 0 Å². The Kier molecular flexibility index (Phi) is 5.81. The fourth-order valence-electron chi connectivity index (χ4n) is 1.37. The van der Waals surface area contributed by atoms with E-state index in [1.54, 1.807) is 13.2 Å². The number of nitrogens with one attached hydrogen (secondary N) is 1. The van der Waals surface area contributed by atoms with Crippen LogP contribution in [-0.2, 0) is 20.9 Å². The zero-order valence-corrected chi connectivity index (χ0v) is 10.9. The number of amides is 1. The molecule has 0 aliphatic rings. The predicted octanol–water partition coefficient (Wildman–Crippen LogP) is 0.801. The Morgan fingerprint density at radius 3 is 2.68 bits per heavy atom. The number of hydrogen-bond acceptors (Lipinski definition) is 4. The van der Waals surface area contributed by atoms with Crippen LogP contribution in [-0.4, -0.2) is 36.8 Å². The van der Waals surface area contributed by atoms with Crippen molar-refractivity contribution in [2.45, 2.75) is 19.6 Å². The first-order chi connectivity index (χ1) is 9.04. The van der Waals surface area contributed by atoms with E-state index < -0.39 is 12.1 Å². The first-order valence-corrected chi connectivity index (χ1v) is 5.77. The number of carbonyl (C=O) groups is 2. The lowest BCUT2D eigenvalue weighted by Crippen LogP contribution is -2.31. The molecule has 1 rings (SSSR count). The molecule has 104 valence electrons. The number of methoxy groups -OCH3 is 1. The monoisotopic (exact) mass is 267 g/mol. The third-order valence-electron chi connectivity index (χ3n) is 2.48. The summed E-state index contributed by atoms with van der Waals surface area (Å²) in [5, 5.41) is 11.2. The molecule has 1 amide bonds. The van der Waals surface area contributed by atoms with Crippen LogP contribution in [0.1, 0.15) is 12.5 Å². The van der Waals surface area contributed by atoms with Gasteiger partial charge in [-0.25, -0.2) is 4.79 Å². The van der Waals surface area contributed by atoms with Crippen LogP contribution in [0.5, 0.6) is 5.75 Å². The van der Waals surface area contributed by atoms with Gasteiger partial charge in [-0.1, -0.05) is 18.2 Å². The summed E-state index contributed by atoms with van der Waals surface area (Å²) >= 11 is 0. The van der Waals surface area contributed by atoms with Gasteiger partial charge in [0.2, 0.25) is 5.91 Å². The summed E-state index contributed by atoms with van der Waals surface area (Å²) < 4.78 is 10.0. The zero-order chi connectivity index (χ0) is 14.3. The van der Waals surface area contributed by atoms with Gasteiger partial charge in [0.05, 0.1) is 7.11 Å². The highest BCUT2D eigenvalue weighted by atomic mass is 16.5. The molecule has 0 unspecified atom stereocenters. The Bertz CT molecular complexity index is 446. The van der Waals surface area contributed by atoms with Crippen molar-refractivity contribution < 1.29 is 24.2 Å². The fourth-order valence-corrected chi connectivity index (χ4v) is 1.37. The highest BCUT2D eigenvalue weighted by molar-refractivity contribution is 5.78. The van der Waals surface area contributed by atoms with E-state index in [9.17, 15) is 9.59 Å². The second-order valence-corrected chi connectivity index (χ2v) is 3.88. The lowest BCUT2D eigenvalue weighted by Gasteiger charge is -2.11. The van der Waals surface area contributed by atoms with Gasteiger partial charge in [-0.15, -0.1) is 0 Å². The van der Waals surface area contributed by atoms with Crippen molar-refractivity contribution in [1.29, 1.82) is 0 Å². The van der Waals surface area contributed by atoms with E-state index in [0.29, 0.717) is 12.3 Å². The van der Waals surface area contributed by atoms with E-state index in [1.165, 1.54) is 6.92 Å². The summed E-state index contributed by atoms with van der Waals surface area (Å²) in [4.78, 5) is 22.0. The SMILES string of the molecule is COc1ccccc1CNC(=O)CO[C@@H](C)C(=O)O. The molecule has 1 aromatic carbocycles. The minimum Gasteiger partial charge on any atom is -0.496 e. The average Bonchev–Trinajstić information content (AvgIpc) is 2.42. The van der Waals surface area contributed by atoms with E-state index >= 15 is 0 Å². The molecule has 1 aromatic rings. The topological polar surface area (TPSA) is 84.9 Å².